The molecule has 0 N–H and O–H groups in total. The van der Waals surface area contributed by atoms with Crippen molar-refractivity contribution in [3.63, 3.8) is 0 Å². The van der Waals surface area contributed by atoms with Gasteiger partial charge in [0, 0.05) is 0 Å². The van der Waals surface area contributed by atoms with Crippen molar-refractivity contribution >= 4 is 0 Å². The van der Waals surface area contributed by atoms with Crippen LogP contribution in [0.15, 0.2) is 24.3 Å². The molecule has 3 fully saturated rings. The summed E-state index contributed by atoms with van der Waals surface area (Å²) in [4.78, 5) is 0. The number of fused-ring (bicyclic) bond motifs is 4. The molecular weight excluding hydrogens is 132 g/mol. The van der Waals surface area contributed by atoms with Gasteiger partial charge in [-0.3, -0.25) is 0 Å². The number of hydrogen-bond acceptors (Lipinski definition) is 0. The summed E-state index contributed by atoms with van der Waals surface area (Å²) in [7, 11) is 0. The molecule has 0 aromatic rings. The Morgan fingerprint density at radius 2 is 1.27 bits per heavy atom. The smallest absolute Gasteiger partial charge is 0.0165 e. The highest BCUT2D eigenvalue weighted by Crippen LogP contribution is 2.44. The maximum absolute atomic E-state index is 4.14. The van der Waals surface area contributed by atoms with Gasteiger partial charge in [0.1, 0.15) is 0 Å². The summed E-state index contributed by atoms with van der Waals surface area (Å²) in [6, 6.07) is 0. The fourth-order valence-corrected chi connectivity index (χ4v) is 2.52. The second kappa shape index (κ2) is 2.51. The molecule has 0 heterocycles. The summed E-state index contributed by atoms with van der Waals surface area (Å²) in [5.41, 5.74) is 2.75. The molecule has 0 saturated heterocycles. The summed E-state index contributed by atoms with van der Waals surface area (Å²) >= 11 is 0. The maximum atomic E-state index is 4.14. The highest BCUT2D eigenvalue weighted by atomic mass is 14.3. The Labute approximate surface area is 69.0 Å². The molecule has 2 atom stereocenters. The van der Waals surface area contributed by atoms with Gasteiger partial charge >= 0.3 is 0 Å². The Morgan fingerprint density at radius 1 is 0.818 bits per heavy atom. The third-order valence-corrected chi connectivity index (χ3v) is 3.37. The van der Waals surface area contributed by atoms with Gasteiger partial charge in [0.15, 0.2) is 0 Å². The van der Waals surface area contributed by atoms with Crippen LogP contribution in [-0.4, -0.2) is 0 Å². The molecule has 3 aliphatic carbocycles. The second-order valence-electron chi connectivity index (χ2n) is 3.95. The normalized spacial score (nSPS) is 37.5. The molecule has 3 aliphatic rings. The van der Waals surface area contributed by atoms with E-state index in [0.717, 1.165) is 11.8 Å². The van der Waals surface area contributed by atoms with Gasteiger partial charge in [0.05, 0.1) is 0 Å². The van der Waals surface area contributed by atoms with Gasteiger partial charge in [-0.15, -0.1) is 0 Å². The zero-order chi connectivity index (χ0) is 7.84. The average molecular weight is 148 g/mol. The lowest BCUT2D eigenvalue weighted by atomic mass is 9.77. The quantitative estimate of drug-likeness (QED) is 0.494. The zero-order valence-corrected chi connectivity index (χ0v) is 7.10. The lowest BCUT2D eigenvalue weighted by Crippen LogP contribution is -2.14. The predicted molar refractivity (Wildman–Crippen MR) is 48.3 cm³/mol. The van der Waals surface area contributed by atoms with Crippen molar-refractivity contribution in [1.82, 2.24) is 0 Å². The Kier molecular flexibility index (Phi) is 1.63. The van der Waals surface area contributed by atoms with Gasteiger partial charge < -0.3 is 0 Å². The monoisotopic (exact) mass is 148 g/mol. The first-order valence-electron chi connectivity index (χ1n) is 4.67. The first-order valence-corrected chi connectivity index (χ1v) is 4.67. The molecule has 0 heteroatoms. The van der Waals surface area contributed by atoms with Gasteiger partial charge in [0.25, 0.3) is 0 Å². The van der Waals surface area contributed by atoms with E-state index in [4.69, 9.17) is 0 Å². The molecule has 0 spiro atoms. The summed E-state index contributed by atoms with van der Waals surface area (Å²) in [6.07, 6.45) is 6.89. The molecule has 0 amide bonds. The van der Waals surface area contributed by atoms with Crippen molar-refractivity contribution in [2.45, 2.75) is 32.1 Å². The molecule has 2 bridgehead atoms. The molecule has 0 aromatic heterocycles. The Bertz CT molecular complexity index is 174. The molecule has 60 valence electrons. The van der Waals surface area contributed by atoms with E-state index in [2.05, 4.69) is 13.2 Å². The lowest BCUT2D eigenvalue weighted by molar-refractivity contribution is 0.459. The van der Waals surface area contributed by atoms with Gasteiger partial charge in [-0.25, -0.2) is 0 Å². The van der Waals surface area contributed by atoms with Gasteiger partial charge in [-0.1, -0.05) is 19.6 Å². The van der Waals surface area contributed by atoms with E-state index >= 15 is 0 Å². The highest BCUT2D eigenvalue weighted by Gasteiger charge is 2.30. The van der Waals surface area contributed by atoms with Crippen molar-refractivity contribution in [2.75, 3.05) is 0 Å². The third kappa shape index (κ3) is 1.05. The minimum atomic E-state index is 0.793. The second-order valence-corrected chi connectivity index (χ2v) is 3.95. The van der Waals surface area contributed by atoms with E-state index in [1.807, 2.05) is 0 Å². The lowest BCUT2D eigenvalue weighted by Gasteiger charge is -2.28. The summed E-state index contributed by atoms with van der Waals surface area (Å²) in [5, 5.41) is 0. The van der Waals surface area contributed by atoms with Crippen LogP contribution in [0.5, 0.6) is 0 Å². The molecule has 3 saturated carbocycles. The summed E-state index contributed by atoms with van der Waals surface area (Å²) < 4.78 is 0. The molecule has 2 unspecified atom stereocenters. The largest absolute Gasteiger partial charge is 0.0953 e. The van der Waals surface area contributed by atoms with Gasteiger partial charge in [-0.2, -0.15) is 0 Å². The van der Waals surface area contributed by atoms with Crippen molar-refractivity contribution in [3.05, 3.63) is 24.3 Å². The molecule has 0 aliphatic heterocycles. The first kappa shape index (κ1) is 7.15. The summed E-state index contributed by atoms with van der Waals surface area (Å²) in [6.45, 7) is 8.28. The fourth-order valence-electron chi connectivity index (χ4n) is 2.52. The number of allylic oxidation sites excluding steroid dienone is 2. The van der Waals surface area contributed by atoms with E-state index in [9.17, 15) is 0 Å². The van der Waals surface area contributed by atoms with Crippen LogP contribution in [-0.2, 0) is 0 Å². The predicted octanol–water partition coefficient (Wildman–Crippen LogP) is 3.31. The molecule has 3 rings (SSSR count). The fraction of sp³-hybridized carbons (Fsp3) is 0.636. The standard InChI is InChI=1S/C11H16/c1-8-9(2)11-5-3-4-10(8)6-7-11/h10-11H,1-7H2. The van der Waals surface area contributed by atoms with Crippen LogP contribution >= 0.6 is 0 Å². The van der Waals surface area contributed by atoms with Crippen LogP contribution in [0.25, 0.3) is 0 Å². The van der Waals surface area contributed by atoms with E-state index in [1.54, 1.807) is 0 Å². The topological polar surface area (TPSA) is 0 Å². The van der Waals surface area contributed by atoms with Crippen molar-refractivity contribution in [3.8, 4) is 0 Å². The molecule has 0 aromatic carbocycles. The SMILES string of the molecule is C=C1C(=C)C2CCCC1CC2. The van der Waals surface area contributed by atoms with E-state index in [0.29, 0.717) is 0 Å². The van der Waals surface area contributed by atoms with Gasteiger partial charge in [-0.05, 0) is 48.7 Å². The van der Waals surface area contributed by atoms with Gasteiger partial charge in [0.2, 0.25) is 0 Å². The van der Waals surface area contributed by atoms with E-state index in [1.165, 1.54) is 43.3 Å². The summed E-state index contributed by atoms with van der Waals surface area (Å²) in [5.74, 6) is 1.59. The minimum absolute atomic E-state index is 0.793. The molecular formula is C11H16. The third-order valence-electron chi connectivity index (χ3n) is 3.37. The Hall–Kier alpha value is -0.520. The maximum Gasteiger partial charge on any atom is -0.0165 e. The number of rotatable bonds is 0. The van der Waals surface area contributed by atoms with Crippen LogP contribution in [0.4, 0.5) is 0 Å². The van der Waals surface area contributed by atoms with Crippen LogP contribution in [0.1, 0.15) is 32.1 Å². The molecule has 0 nitrogen and oxygen atoms in total. The van der Waals surface area contributed by atoms with Crippen molar-refractivity contribution in [2.24, 2.45) is 11.8 Å². The average Bonchev–Trinajstić information content (AvgIpc) is 2.30. The van der Waals surface area contributed by atoms with Crippen molar-refractivity contribution in [1.29, 1.82) is 0 Å². The van der Waals surface area contributed by atoms with E-state index in [-0.39, 0.29) is 0 Å². The molecule has 11 heavy (non-hydrogen) atoms. The van der Waals surface area contributed by atoms with Crippen molar-refractivity contribution < 1.29 is 0 Å². The van der Waals surface area contributed by atoms with Crippen LogP contribution in [0.2, 0.25) is 0 Å². The van der Waals surface area contributed by atoms with Crippen LogP contribution < -0.4 is 0 Å². The van der Waals surface area contributed by atoms with E-state index < -0.39 is 0 Å². The Balaban J connectivity index is 2.28. The Morgan fingerprint density at radius 3 is 1.73 bits per heavy atom. The minimum Gasteiger partial charge on any atom is -0.0953 e. The molecule has 0 radical (unpaired) electrons. The highest BCUT2D eigenvalue weighted by molar-refractivity contribution is 5.33. The van der Waals surface area contributed by atoms with Crippen LogP contribution in [0, 0.1) is 11.8 Å². The van der Waals surface area contributed by atoms with Crippen LogP contribution in [0.3, 0.4) is 0 Å². The number of hydrogen-bond donors (Lipinski definition) is 0. The first-order chi connectivity index (χ1) is 5.29. The zero-order valence-electron chi connectivity index (χ0n) is 7.10.